The summed E-state index contributed by atoms with van der Waals surface area (Å²) in [6, 6.07) is 6.10. The molecule has 1 saturated carbocycles. The van der Waals surface area contributed by atoms with Crippen LogP contribution in [-0.4, -0.2) is 56.8 Å². The van der Waals surface area contributed by atoms with Gasteiger partial charge >= 0.3 is 5.97 Å². The van der Waals surface area contributed by atoms with E-state index in [1.54, 1.807) is 12.1 Å². The van der Waals surface area contributed by atoms with E-state index in [0.29, 0.717) is 24.0 Å². The van der Waals surface area contributed by atoms with Crippen LogP contribution in [-0.2, 0) is 16.1 Å². The first-order chi connectivity index (χ1) is 12.4. The standard InChI is InChI=1S/C19H23FN2O3S/c1-10(2)8-21-15-13-7-14(23)17(25-18(13)24)16(15)22(19(21)26)9-11-3-5-12(20)6-4-11/h3-6,10,13-17,23H,7-9H2,1-2H3/t13-,14+,15-,16+,17-/m0/s1. The predicted octanol–water partition coefficient (Wildman–Crippen LogP) is 1.93. The second-order valence-electron chi connectivity index (χ2n) is 7.88. The van der Waals surface area contributed by atoms with Gasteiger partial charge in [0.2, 0.25) is 0 Å². The minimum atomic E-state index is -0.670. The molecule has 1 aliphatic carbocycles. The number of hydrogen-bond donors (Lipinski definition) is 1. The van der Waals surface area contributed by atoms with Gasteiger partial charge in [-0.1, -0.05) is 26.0 Å². The fraction of sp³-hybridized carbons (Fsp3) is 0.579. The number of fused-ring (bicyclic) bond motifs is 2. The summed E-state index contributed by atoms with van der Waals surface area (Å²) in [5, 5.41) is 11.1. The molecular formula is C19H23FN2O3S. The van der Waals surface area contributed by atoms with Crippen molar-refractivity contribution in [3.8, 4) is 0 Å². The molecule has 2 bridgehead atoms. The Morgan fingerprint density at radius 1 is 1.27 bits per heavy atom. The third-order valence-corrected chi connectivity index (χ3v) is 6.04. The number of nitrogens with zero attached hydrogens (tertiary/aromatic N) is 2. The van der Waals surface area contributed by atoms with Crippen LogP contribution < -0.4 is 0 Å². The van der Waals surface area contributed by atoms with Crippen LogP contribution in [0, 0.1) is 17.7 Å². The Labute approximate surface area is 157 Å². The van der Waals surface area contributed by atoms with Crippen molar-refractivity contribution in [2.75, 3.05) is 6.54 Å². The van der Waals surface area contributed by atoms with Crippen molar-refractivity contribution in [1.82, 2.24) is 9.80 Å². The van der Waals surface area contributed by atoms with Gasteiger partial charge in [0.1, 0.15) is 11.9 Å². The van der Waals surface area contributed by atoms with E-state index in [4.69, 9.17) is 17.0 Å². The van der Waals surface area contributed by atoms with Gasteiger partial charge in [-0.05, 0) is 42.3 Å². The summed E-state index contributed by atoms with van der Waals surface area (Å²) in [6.45, 7) is 5.50. The largest absolute Gasteiger partial charge is 0.457 e. The highest BCUT2D eigenvalue weighted by Crippen LogP contribution is 2.44. The minimum Gasteiger partial charge on any atom is -0.457 e. The van der Waals surface area contributed by atoms with Crippen LogP contribution in [0.2, 0.25) is 0 Å². The molecule has 140 valence electrons. The quantitative estimate of drug-likeness (QED) is 0.638. The Morgan fingerprint density at radius 3 is 2.62 bits per heavy atom. The zero-order valence-corrected chi connectivity index (χ0v) is 15.7. The first-order valence-corrected chi connectivity index (χ1v) is 9.48. The van der Waals surface area contributed by atoms with Crippen LogP contribution in [0.4, 0.5) is 4.39 Å². The van der Waals surface area contributed by atoms with Crippen molar-refractivity contribution in [3.63, 3.8) is 0 Å². The highest BCUT2D eigenvalue weighted by Gasteiger charge is 2.62. The van der Waals surface area contributed by atoms with Gasteiger partial charge in [0.15, 0.2) is 5.11 Å². The molecule has 4 aliphatic rings. The molecular weight excluding hydrogens is 355 g/mol. The molecule has 1 N–H and O–H groups in total. The number of aliphatic hydroxyl groups is 1. The molecule has 1 aromatic rings. The van der Waals surface area contributed by atoms with Gasteiger partial charge in [0.25, 0.3) is 0 Å². The third-order valence-electron chi connectivity index (χ3n) is 5.57. The molecule has 5 rings (SSSR count). The average Bonchev–Trinajstić information content (AvgIpc) is 2.85. The molecule has 5 atom stereocenters. The van der Waals surface area contributed by atoms with E-state index in [2.05, 4.69) is 18.7 Å². The molecule has 4 fully saturated rings. The van der Waals surface area contributed by atoms with E-state index in [0.717, 1.165) is 12.1 Å². The lowest BCUT2D eigenvalue weighted by molar-refractivity contribution is -0.199. The van der Waals surface area contributed by atoms with E-state index in [-0.39, 0.29) is 29.8 Å². The molecule has 1 aromatic carbocycles. The number of aliphatic hydroxyl groups excluding tert-OH is 1. The zero-order chi connectivity index (χ0) is 18.6. The molecule has 0 spiro atoms. The third kappa shape index (κ3) is 2.77. The summed E-state index contributed by atoms with van der Waals surface area (Å²) >= 11 is 5.76. The lowest BCUT2D eigenvalue weighted by Crippen LogP contribution is -2.66. The summed E-state index contributed by atoms with van der Waals surface area (Å²) in [4.78, 5) is 16.5. The topological polar surface area (TPSA) is 53.0 Å². The summed E-state index contributed by atoms with van der Waals surface area (Å²) in [5.74, 6) is -0.490. The molecule has 0 aromatic heterocycles. The SMILES string of the molecule is CC(C)CN1C(=S)N(Cc2ccc(F)cc2)[C@H]2[C@H]3OC(=O)[C@@H](C[C@H]3O)[C@@H]21. The van der Waals surface area contributed by atoms with Gasteiger partial charge in [-0.3, -0.25) is 4.79 Å². The Kier molecular flexibility index (Phi) is 4.39. The van der Waals surface area contributed by atoms with Gasteiger partial charge in [-0.15, -0.1) is 0 Å². The summed E-state index contributed by atoms with van der Waals surface area (Å²) in [6.07, 6.45) is -0.823. The van der Waals surface area contributed by atoms with Gasteiger partial charge in [0, 0.05) is 13.1 Å². The first-order valence-electron chi connectivity index (χ1n) is 9.07. The van der Waals surface area contributed by atoms with Crippen LogP contribution in [0.15, 0.2) is 24.3 Å². The molecule has 3 saturated heterocycles. The highest BCUT2D eigenvalue weighted by atomic mass is 32.1. The number of halogens is 1. The van der Waals surface area contributed by atoms with Crippen molar-refractivity contribution in [1.29, 1.82) is 0 Å². The van der Waals surface area contributed by atoms with Gasteiger partial charge in [0.05, 0.1) is 24.1 Å². The number of esters is 1. The minimum absolute atomic E-state index is 0.0694. The van der Waals surface area contributed by atoms with Crippen LogP contribution in [0.25, 0.3) is 0 Å². The second kappa shape index (κ2) is 6.46. The Bertz CT molecular complexity index is 726. The summed E-state index contributed by atoms with van der Waals surface area (Å²) in [5.41, 5.74) is 0.932. The van der Waals surface area contributed by atoms with Crippen molar-refractivity contribution >= 4 is 23.3 Å². The van der Waals surface area contributed by atoms with E-state index in [1.165, 1.54) is 12.1 Å². The Balaban J connectivity index is 1.68. The van der Waals surface area contributed by atoms with Crippen LogP contribution >= 0.6 is 12.2 Å². The number of ether oxygens (including phenoxy) is 1. The average molecular weight is 378 g/mol. The number of benzene rings is 1. The fourth-order valence-corrected chi connectivity index (χ4v) is 4.92. The highest BCUT2D eigenvalue weighted by molar-refractivity contribution is 7.80. The first kappa shape index (κ1) is 17.7. The Hall–Kier alpha value is -1.73. The van der Waals surface area contributed by atoms with E-state index >= 15 is 0 Å². The normalized spacial score (nSPS) is 33.0. The maximum Gasteiger partial charge on any atom is 0.311 e. The number of hydrogen-bond acceptors (Lipinski definition) is 4. The van der Waals surface area contributed by atoms with Gasteiger partial charge in [-0.25, -0.2) is 4.39 Å². The van der Waals surface area contributed by atoms with Crippen molar-refractivity contribution < 1.29 is 19.0 Å². The van der Waals surface area contributed by atoms with E-state index < -0.39 is 12.2 Å². The summed E-state index contributed by atoms with van der Waals surface area (Å²) in [7, 11) is 0. The van der Waals surface area contributed by atoms with Crippen molar-refractivity contribution in [2.45, 2.75) is 51.1 Å². The molecule has 0 radical (unpaired) electrons. The number of rotatable bonds is 4. The molecule has 7 heteroatoms. The van der Waals surface area contributed by atoms with Gasteiger partial charge < -0.3 is 19.6 Å². The summed E-state index contributed by atoms with van der Waals surface area (Å²) < 4.78 is 18.8. The Morgan fingerprint density at radius 2 is 1.96 bits per heavy atom. The van der Waals surface area contributed by atoms with Crippen LogP contribution in [0.1, 0.15) is 25.8 Å². The number of carbonyl (C=O) groups excluding carboxylic acids is 1. The van der Waals surface area contributed by atoms with Crippen molar-refractivity contribution in [2.24, 2.45) is 11.8 Å². The molecule has 26 heavy (non-hydrogen) atoms. The van der Waals surface area contributed by atoms with Gasteiger partial charge in [-0.2, -0.15) is 0 Å². The molecule has 5 nitrogen and oxygen atoms in total. The molecule has 0 unspecified atom stereocenters. The van der Waals surface area contributed by atoms with Crippen LogP contribution in [0.3, 0.4) is 0 Å². The lowest BCUT2D eigenvalue weighted by atomic mass is 9.74. The maximum absolute atomic E-state index is 13.2. The van der Waals surface area contributed by atoms with Crippen LogP contribution in [0.5, 0.6) is 0 Å². The maximum atomic E-state index is 13.2. The van der Waals surface area contributed by atoms with E-state index in [9.17, 15) is 14.3 Å². The lowest BCUT2D eigenvalue weighted by Gasteiger charge is -2.49. The number of carbonyl (C=O) groups is 1. The van der Waals surface area contributed by atoms with E-state index in [1.807, 2.05) is 4.90 Å². The molecule has 3 aliphatic heterocycles. The number of thiocarbonyl (C=S) groups is 1. The fourth-order valence-electron chi connectivity index (χ4n) is 4.54. The zero-order valence-electron chi connectivity index (χ0n) is 14.8. The molecule has 3 heterocycles. The molecule has 0 amide bonds. The van der Waals surface area contributed by atoms with Crippen molar-refractivity contribution in [3.05, 3.63) is 35.6 Å². The predicted molar refractivity (Wildman–Crippen MR) is 97.7 cm³/mol. The second-order valence-corrected chi connectivity index (χ2v) is 8.24. The monoisotopic (exact) mass is 378 g/mol. The smallest absolute Gasteiger partial charge is 0.311 e.